The smallest absolute Gasteiger partial charge is 0.367 e. The summed E-state index contributed by atoms with van der Waals surface area (Å²) in [6, 6.07) is 6.29. The number of ether oxygens (including phenoxy) is 1. The van der Waals surface area contributed by atoms with Gasteiger partial charge in [-0.2, -0.15) is 4.39 Å². The second-order valence-electron chi connectivity index (χ2n) is 6.44. The molecule has 1 aromatic carbocycles. The van der Waals surface area contributed by atoms with Crippen LogP contribution in [0.1, 0.15) is 32.0 Å². The number of esters is 1. The number of hydrogen-bond acceptors (Lipinski definition) is 5. The van der Waals surface area contributed by atoms with Gasteiger partial charge in [-0.3, -0.25) is 0 Å². The van der Waals surface area contributed by atoms with Crippen molar-refractivity contribution in [2.24, 2.45) is 0 Å². The van der Waals surface area contributed by atoms with Crippen LogP contribution in [0.2, 0.25) is 0 Å². The summed E-state index contributed by atoms with van der Waals surface area (Å²) < 4.78 is 44.6. The van der Waals surface area contributed by atoms with Gasteiger partial charge in [0.1, 0.15) is 11.9 Å². The molecule has 2 aromatic rings. The van der Waals surface area contributed by atoms with E-state index in [1.807, 2.05) is 6.92 Å². The third-order valence-corrected chi connectivity index (χ3v) is 4.67. The van der Waals surface area contributed by atoms with Crippen molar-refractivity contribution in [3.8, 4) is 0 Å². The summed E-state index contributed by atoms with van der Waals surface area (Å²) >= 11 is 0. The van der Waals surface area contributed by atoms with Gasteiger partial charge >= 0.3 is 5.97 Å². The Kier molecular flexibility index (Phi) is 5.12. The van der Waals surface area contributed by atoms with Gasteiger partial charge in [0.2, 0.25) is 5.83 Å². The second kappa shape index (κ2) is 6.79. The molecule has 1 aromatic heterocycles. The summed E-state index contributed by atoms with van der Waals surface area (Å²) in [7, 11) is -3.83. The minimum absolute atomic E-state index is 0.0148. The van der Waals surface area contributed by atoms with Crippen LogP contribution in [0, 0.1) is 6.92 Å². The fourth-order valence-electron chi connectivity index (χ4n) is 1.87. The van der Waals surface area contributed by atoms with Gasteiger partial charge in [0.25, 0.3) is 10.0 Å². The molecule has 0 spiro atoms. The van der Waals surface area contributed by atoms with Crippen LogP contribution in [-0.4, -0.2) is 28.9 Å². The Balaban J connectivity index is 2.26. The highest BCUT2D eigenvalue weighted by Crippen LogP contribution is 2.17. The number of carbonyl (C=O) groups excluding carboxylic acids is 1. The zero-order chi connectivity index (χ0) is 18.8. The molecule has 8 heteroatoms. The summed E-state index contributed by atoms with van der Waals surface area (Å²) in [5.74, 6) is -2.30. The summed E-state index contributed by atoms with van der Waals surface area (Å²) in [5, 5.41) is 0. The van der Waals surface area contributed by atoms with Crippen molar-refractivity contribution < 1.29 is 22.3 Å². The molecule has 25 heavy (non-hydrogen) atoms. The van der Waals surface area contributed by atoms with Crippen molar-refractivity contribution in [3.05, 3.63) is 53.9 Å². The van der Waals surface area contributed by atoms with E-state index in [1.54, 1.807) is 32.9 Å². The number of aryl methyl sites for hydroxylation is 1. The number of carbonyl (C=O) groups is 1. The summed E-state index contributed by atoms with van der Waals surface area (Å²) in [6.45, 7) is 6.68. The lowest BCUT2D eigenvalue weighted by atomic mass is 10.2. The minimum atomic E-state index is -3.83. The van der Waals surface area contributed by atoms with Crippen molar-refractivity contribution in [3.63, 3.8) is 0 Å². The highest BCUT2D eigenvalue weighted by Gasteiger charge is 2.21. The van der Waals surface area contributed by atoms with Crippen molar-refractivity contribution >= 4 is 22.1 Å². The number of rotatable bonds is 4. The molecule has 0 bridgehead atoms. The SMILES string of the molecule is Cc1ccc(S(=O)(=O)n2cnc(/C=C(/F)C(=O)OC(C)(C)C)c2)cc1. The normalized spacial score (nSPS) is 12.9. The molecule has 134 valence electrons. The molecule has 0 radical (unpaired) electrons. The van der Waals surface area contributed by atoms with E-state index in [0.717, 1.165) is 28.1 Å². The van der Waals surface area contributed by atoms with E-state index < -0.39 is 27.4 Å². The Bertz CT molecular complexity index is 907. The third kappa shape index (κ3) is 4.76. The van der Waals surface area contributed by atoms with Gasteiger partial charge in [0.15, 0.2) is 0 Å². The first-order valence-corrected chi connectivity index (χ1v) is 8.90. The van der Waals surface area contributed by atoms with E-state index in [9.17, 15) is 17.6 Å². The summed E-state index contributed by atoms with van der Waals surface area (Å²) in [6.07, 6.45) is 3.00. The van der Waals surface area contributed by atoms with E-state index in [-0.39, 0.29) is 10.6 Å². The van der Waals surface area contributed by atoms with Gasteiger partial charge in [-0.15, -0.1) is 0 Å². The highest BCUT2D eigenvalue weighted by molar-refractivity contribution is 7.90. The minimum Gasteiger partial charge on any atom is -0.455 e. The summed E-state index contributed by atoms with van der Waals surface area (Å²) in [4.78, 5) is 15.5. The predicted molar refractivity (Wildman–Crippen MR) is 90.9 cm³/mol. The fraction of sp³-hybridized carbons (Fsp3) is 0.294. The maximum Gasteiger partial charge on any atom is 0.367 e. The van der Waals surface area contributed by atoms with Crippen LogP contribution in [0.4, 0.5) is 4.39 Å². The molecule has 0 aliphatic rings. The van der Waals surface area contributed by atoms with Gasteiger partial charge < -0.3 is 4.74 Å². The molecule has 2 rings (SSSR count). The van der Waals surface area contributed by atoms with Crippen molar-refractivity contribution in [2.45, 2.75) is 38.2 Å². The first kappa shape index (κ1) is 18.9. The zero-order valence-electron chi connectivity index (χ0n) is 14.4. The monoisotopic (exact) mass is 366 g/mol. The molecule has 0 atom stereocenters. The molecule has 0 aliphatic heterocycles. The Hall–Kier alpha value is -2.48. The molecule has 0 N–H and O–H groups in total. The van der Waals surface area contributed by atoms with Crippen molar-refractivity contribution in [1.82, 2.24) is 8.96 Å². The molecule has 0 unspecified atom stereocenters. The van der Waals surface area contributed by atoms with E-state index in [1.165, 1.54) is 12.1 Å². The van der Waals surface area contributed by atoms with Crippen LogP contribution in [-0.2, 0) is 19.6 Å². The van der Waals surface area contributed by atoms with Gasteiger partial charge in [-0.25, -0.2) is 22.2 Å². The van der Waals surface area contributed by atoms with E-state index in [0.29, 0.717) is 0 Å². The van der Waals surface area contributed by atoms with Crippen LogP contribution in [0.5, 0.6) is 0 Å². The molecule has 0 aliphatic carbocycles. The summed E-state index contributed by atoms with van der Waals surface area (Å²) in [5.41, 5.74) is 0.0721. The number of benzene rings is 1. The molecular formula is C17H19FN2O4S. The lowest BCUT2D eigenvalue weighted by molar-refractivity contribution is -0.151. The first-order valence-electron chi connectivity index (χ1n) is 7.46. The number of hydrogen-bond donors (Lipinski definition) is 0. The van der Waals surface area contributed by atoms with Crippen LogP contribution in [0.25, 0.3) is 6.08 Å². The highest BCUT2D eigenvalue weighted by atomic mass is 32.2. The van der Waals surface area contributed by atoms with Crippen molar-refractivity contribution in [2.75, 3.05) is 0 Å². The average molecular weight is 366 g/mol. The third-order valence-electron chi connectivity index (χ3n) is 3.05. The second-order valence-corrected chi connectivity index (χ2v) is 8.28. The lowest BCUT2D eigenvalue weighted by Gasteiger charge is -2.18. The fourth-order valence-corrected chi connectivity index (χ4v) is 3.02. The van der Waals surface area contributed by atoms with E-state index in [4.69, 9.17) is 4.74 Å². The lowest BCUT2D eigenvalue weighted by Crippen LogP contribution is -2.24. The van der Waals surface area contributed by atoms with Gasteiger partial charge in [0.05, 0.1) is 10.6 Å². The molecule has 1 heterocycles. The standard InChI is InChI=1S/C17H19FN2O4S/c1-12-5-7-14(8-6-12)25(22,23)20-10-13(19-11-20)9-15(18)16(21)24-17(2,3)4/h5-11H,1-4H3/b15-9+. The van der Waals surface area contributed by atoms with Crippen LogP contribution in [0.15, 0.2) is 47.5 Å². The number of nitrogens with zero attached hydrogens (tertiary/aromatic N) is 2. The number of aromatic nitrogens is 2. The molecule has 0 saturated carbocycles. The topological polar surface area (TPSA) is 78.3 Å². The maximum absolute atomic E-state index is 13.9. The number of imidazole rings is 1. The quantitative estimate of drug-likeness (QED) is 0.614. The molecule has 6 nitrogen and oxygen atoms in total. The maximum atomic E-state index is 13.9. The van der Waals surface area contributed by atoms with Gasteiger partial charge in [-0.05, 0) is 39.8 Å². The average Bonchev–Trinajstić information content (AvgIpc) is 2.95. The Morgan fingerprint density at radius 2 is 1.84 bits per heavy atom. The van der Waals surface area contributed by atoms with Crippen LogP contribution >= 0.6 is 0 Å². The Morgan fingerprint density at radius 3 is 2.40 bits per heavy atom. The van der Waals surface area contributed by atoms with Crippen LogP contribution < -0.4 is 0 Å². The van der Waals surface area contributed by atoms with E-state index >= 15 is 0 Å². The van der Waals surface area contributed by atoms with E-state index in [2.05, 4.69) is 4.98 Å². The Labute approximate surface area is 146 Å². The molecular weight excluding hydrogens is 347 g/mol. The van der Waals surface area contributed by atoms with Crippen molar-refractivity contribution in [1.29, 1.82) is 0 Å². The van der Waals surface area contributed by atoms with Gasteiger partial charge in [0, 0.05) is 12.3 Å². The Morgan fingerprint density at radius 1 is 1.24 bits per heavy atom. The molecule has 0 saturated heterocycles. The predicted octanol–water partition coefficient (Wildman–Crippen LogP) is 3.08. The van der Waals surface area contributed by atoms with Crippen LogP contribution in [0.3, 0.4) is 0 Å². The molecule has 0 amide bonds. The number of halogens is 1. The van der Waals surface area contributed by atoms with Gasteiger partial charge in [-0.1, -0.05) is 17.7 Å². The molecule has 0 fully saturated rings. The zero-order valence-corrected chi connectivity index (χ0v) is 15.2. The first-order chi connectivity index (χ1) is 11.5. The largest absolute Gasteiger partial charge is 0.455 e.